The first-order valence-electron chi connectivity index (χ1n) is 10.1. The summed E-state index contributed by atoms with van der Waals surface area (Å²) in [5, 5.41) is 3.27. The van der Waals surface area contributed by atoms with Crippen molar-refractivity contribution in [3.8, 4) is 0 Å². The van der Waals surface area contributed by atoms with Gasteiger partial charge >= 0.3 is 0 Å². The molecule has 2 heterocycles. The molecule has 6 heteroatoms. The van der Waals surface area contributed by atoms with E-state index >= 15 is 0 Å². The minimum atomic E-state index is -0.0264. The molecule has 25 heavy (non-hydrogen) atoms. The lowest BCUT2D eigenvalue weighted by molar-refractivity contribution is -0.139. The number of piperidine rings is 1. The molecule has 1 atom stereocenters. The Morgan fingerprint density at radius 2 is 1.88 bits per heavy atom. The van der Waals surface area contributed by atoms with Crippen LogP contribution < -0.4 is 5.32 Å². The maximum absolute atomic E-state index is 12.8. The minimum absolute atomic E-state index is 0.0264. The second kappa shape index (κ2) is 7.23. The lowest BCUT2D eigenvalue weighted by atomic mass is 9.92. The van der Waals surface area contributed by atoms with E-state index in [1.54, 1.807) is 0 Å². The molecule has 0 aromatic carbocycles. The number of morpholine rings is 1. The fourth-order valence-corrected chi connectivity index (χ4v) is 4.90. The van der Waals surface area contributed by atoms with Gasteiger partial charge in [-0.05, 0) is 32.1 Å². The fourth-order valence-electron chi connectivity index (χ4n) is 4.90. The zero-order chi connectivity index (χ0) is 17.3. The van der Waals surface area contributed by atoms with Crippen molar-refractivity contribution in [2.24, 2.45) is 5.92 Å². The van der Waals surface area contributed by atoms with Crippen LogP contribution in [-0.2, 0) is 14.3 Å². The zero-order valence-electron chi connectivity index (χ0n) is 15.2. The molecular weight excluding hydrogens is 318 g/mol. The molecule has 0 aromatic heterocycles. The first-order chi connectivity index (χ1) is 12.2. The summed E-state index contributed by atoms with van der Waals surface area (Å²) < 4.78 is 5.51. The Labute approximate surface area is 150 Å². The maximum Gasteiger partial charge on any atom is 0.224 e. The van der Waals surface area contributed by atoms with Crippen LogP contribution in [-0.4, -0.2) is 72.6 Å². The first kappa shape index (κ1) is 17.3. The number of nitrogens with one attached hydrogen (secondary N) is 1. The maximum atomic E-state index is 12.8. The molecule has 0 bridgehead atoms. The molecule has 2 saturated heterocycles. The second-order valence-electron chi connectivity index (χ2n) is 8.26. The highest BCUT2D eigenvalue weighted by atomic mass is 16.5. The van der Waals surface area contributed by atoms with Crippen molar-refractivity contribution >= 4 is 11.8 Å². The minimum Gasteiger partial charge on any atom is -0.379 e. The lowest BCUT2D eigenvalue weighted by Crippen LogP contribution is -2.58. The van der Waals surface area contributed by atoms with Crippen LogP contribution >= 0.6 is 0 Å². The first-order valence-corrected chi connectivity index (χ1v) is 10.1. The summed E-state index contributed by atoms with van der Waals surface area (Å²) in [4.78, 5) is 29.3. The number of nitrogens with zero attached hydrogens (tertiary/aromatic N) is 2. The average Bonchev–Trinajstić information content (AvgIpc) is 3.38. The molecule has 0 aromatic rings. The van der Waals surface area contributed by atoms with E-state index in [0.29, 0.717) is 25.4 Å². The smallest absolute Gasteiger partial charge is 0.224 e. The third kappa shape index (κ3) is 3.70. The molecule has 6 nitrogen and oxygen atoms in total. The Bertz CT molecular complexity index is 508. The Balaban J connectivity index is 1.34. The predicted octanol–water partition coefficient (Wildman–Crippen LogP) is 1.15. The van der Waals surface area contributed by atoms with Gasteiger partial charge in [-0.25, -0.2) is 0 Å². The molecule has 0 radical (unpaired) electrons. The van der Waals surface area contributed by atoms with Crippen LogP contribution in [0.1, 0.15) is 51.4 Å². The van der Waals surface area contributed by atoms with Gasteiger partial charge in [0.05, 0.1) is 19.1 Å². The summed E-state index contributed by atoms with van der Waals surface area (Å²) in [7, 11) is 0. The van der Waals surface area contributed by atoms with Crippen molar-refractivity contribution in [2.75, 3.05) is 39.4 Å². The van der Waals surface area contributed by atoms with Crippen molar-refractivity contribution < 1.29 is 14.3 Å². The van der Waals surface area contributed by atoms with Gasteiger partial charge in [-0.1, -0.05) is 12.8 Å². The molecule has 1 N–H and O–H groups in total. The van der Waals surface area contributed by atoms with Crippen molar-refractivity contribution in [1.82, 2.24) is 15.1 Å². The van der Waals surface area contributed by atoms with Gasteiger partial charge in [0.1, 0.15) is 0 Å². The summed E-state index contributed by atoms with van der Waals surface area (Å²) >= 11 is 0. The van der Waals surface area contributed by atoms with Crippen molar-refractivity contribution in [2.45, 2.75) is 62.9 Å². The quantitative estimate of drug-likeness (QED) is 0.809. The molecule has 0 unspecified atom stereocenters. The molecule has 4 aliphatic rings. The number of rotatable bonds is 5. The van der Waals surface area contributed by atoms with E-state index in [0.717, 1.165) is 45.7 Å². The Hall–Kier alpha value is -1.14. The summed E-state index contributed by atoms with van der Waals surface area (Å²) in [5.41, 5.74) is 0.125. The molecular formula is C19H31N3O3. The van der Waals surface area contributed by atoms with Crippen LogP contribution in [0.15, 0.2) is 0 Å². The Morgan fingerprint density at radius 1 is 1.16 bits per heavy atom. The predicted molar refractivity (Wildman–Crippen MR) is 94.1 cm³/mol. The van der Waals surface area contributed by atoms with Crippen LogP contribution in [0, 0.1) is 5.92 Å². The number of hydrogen-bond acceptors (Lipinski definition) is 4. The SMILES string of the molecule is O=C(NCC1(N2CCOCC2)CCCC1)[C@@H]1CCC(=O)N(C2CC2)C1. The monoisotopic (exact) mass is 349 g/mol. The molecule has 2 amide bonds. The summed E-state index contributed by atoms with van der Waals surface area (Å²) in [6.45, 7) is 4.93. The van der Waals surface area contributed by atoms with Gasteiger partial charge in [-0.15, -0.1) is 0 Å². The normalized spacial score (nSPS) is 30.5. The third-order valence-corrected chi connectivity index (χ3v) is 6.61. The largest absolute Gasteiger partial charge is 0.379 e. The van der Waals surface area contributed by atoms with Crippen LogP contribution in [0.5, 0.6) is 0 Å². The summed E-state index contributed by atoms with van der Waals surface area (Å²) in [6.07, 6.45) is 8.30. The van der Waals surface area contributed by atoms with Gasteiger partial charge in [0, 0.05) is 44.2 Å². The third-order valence-electron chi connectivity index (χ3n) is 6.61. The molecule has 140 valence electrons. The van der Waals surface area contributed by atoms with Crippen molar-refractivity contribution in [3.63, 3.8) is 0 Å². The number of ether oxygens (including phenoxy) is 1. The van der Waals surface area contributed by atoms with E-state index in [9.17, 15) is 9.59 Å². The van der Waals surface area contributed by atoms with Crippen LogP contribution in [0.25, 0.3) is 0 Å². The number of amides is 2. The number of hydrogen-bond donors (Lipinski definition) is 1. The number of likely N-dealkylation sites (tertiary alicyclic amines) is 1. The molecule has 2 aliphatic heterocycles. The number of carbonyl (C=O) groups excluding carboxylic acids is 2. The van der Waals surface area contributed by atoms with Gasteiger partial charge < -0.3 is 15.0 Å². The van der Waals surface area contributed by atoms with Gasteiger partial charge in [-0.3, -0.25) is 14.5 Å². The van der Waals surface area contributed by atoms with E-state index in [1.807, 2.05) is 4.90 Å². The highest BCUT2D eigenvalue weighted by Crippen LogP contribution is 2.36. The lowest BCUT2D eigenvalue weighted by Gasteiger charge is -2.44. The van der Waals surface area contributed by atoms with E-state index in [1.165, 1.54) is 25.7 Å². The van der Waals surface area contributed by atoms with Crippen molar-refractivity contribution in [3.05, 3.63) is 0 Å². The van der Waals surface area contributed by atoms with Gasteiger partial charge in [0.15, 0.2) is 0 Å². The highest BCUT2D eigenvalue weighted by molar-refractivity contribution is 5.84. The van der Waals surface area contributed by atoms with E-state index in [4.69, 9.17) is 4.74 Å². The average molecular weight is 349 g/mol. The molecule has 2 aliphatic carbocycles. The van der Waals surface area contributed by atoms with E-state index < -0.39 is 0 Å². The molecule has 0 spiro atoms. The summed E-state index contributed by atoms with van der Waals surface area (Å²) in [5.74, 6) is 0.367. The van der Waals surface area contributed by atoms with E-state index in [-0.39, 0.29) is 23.3 Å². The topological polar surface area (TPSA) is 61.9 Å². The Kier molecular flexibility index (Phi) is 5.00. The van der Waals surface area contributed by atoms with Crippen LogP contribution in [0.2, 0.25) is 0 Å². The summed E-state index contributed by atoms with van der Waals surface area (Å²) in [6, 6.07) is 0.414. The van der Waals surface area contributed by atoms with Crippen LogP contribution in [0.4, 0.5) is 0 Å². The second-order valence-corrected chi connectivity index (χ2v) is 8.26. The zero-order valence-corrected chi connectivity index (χ0v) is 15.2. The van der Waals surface area contributed by atoms with Crippen LogP contribution in [0.3, 0.4) is 0 Å². The van der Waals surface area contributed by atoms with Gasteiger partial charge in [0.2, 0.25) is 11.8 Å². The molecule has 4 rings (SSSR count). The van der Waals surface area contributed by atoms with Crippen molar-refractivity contribution in [1.29, 1.82) is 0 Å². The fraction of sp³-hybridized carbons (Fsp3) is 0.895. The standard InChI is InChI=1S/C19H31N3O3/c23-17-6-3-15(13-22(17)16-4-5-16)18(24)20-14-19(7-1-2-8-19)21-9-11-25-12-10-21/h15-16H,1-14H2,(H,20,24)/t15-/m1/s1. The highest BCUT2D eigenvalue weighted by Gasteiger charge is 2.42. The molecule has 2 saturated carbocycles. The Morgan fingerprint density at radius 3 is 2.56 bits per heavy atom. The number of carbonyl (C=O) groups is 2. The van der Waals surface area contributed by atoms with E-state index in [2.05, 4.69) is 10.2 Å². The van der Waals surface area contributed by atoms with Gasteiger partial charge in [-0.2, -0.15) is 0 Å². The van der Waals surface area contributed by atoms with Gasteiger partial charge in [0.25, 0.3) is 0 Å². The molecule has 4 fully saturated rings.